The van der Waals surface area contributed by atoms with E-state index in [9.17, 15) is 20.1 Å². The maximum Gasteiger partial charge on any atom is 0.137 e. The molecule has 1 unspecified atom stereocenters. The van der Waals surface area contributed by atoms with E-state index < -0.39 is 12.2 Å². The number of fused-ring (bicyclic) bond motifs is 5. The Balaban J connectivity index is 1.61. The maximum absolute atomic E-state index is 13.5. The Bertz CT molecular complexity index is 676. The highest BCUT2D eigenvalue weighted by atomic mass is 16.3. The van der Waals surface area contributed by atoms with E-state index in [4.69, 9.17) is 0 Å². The van der Waals surface area contributed by atoms with Crippen molar-refractivity contribution in [3.63, 3.8) is 0 Å². The number of aliphatic hydroxyl groups excluding tert-OH is 3. The summed E-state index contributed by atoms with van der Waals surface area (Å²) in [5.41, 5.74) is -0.288. The van der Waals surface area contributed by atoms with E-state index in [1.807, 2.05) is 0 Å². The zero-order valence-corrected chi connectivity index (χ0v) is 20.4. The summed E-state index contributed by atoms with van der Waals surface area (Å²) in [5, 5.41) is 33.1. The highest BCUT2D eigenvalue weighted by Gasteiger charge is 2.67. The van der Waals surface area contributed by atoms with Gasteiger partial charge in [0.15, 0.2) is 0 Å². The van der Waals surface area contributed by atoms with Crippen LogP contribution in [0, 0.1) is 52.3 Å². The molecule has 178 valence electrons. The first kappa shape index (κ1) is 23.7. The van der Waals surface area contributed by atoms with E-state index in [0.717, 1.165) is 25.7 Å². The molecule has 0 aromatic rings. The van der Waals surface area contributed by atoms with Gasteiger partial charge in [0, 0.05) is 24.2 Å². The fraction of sp³-hybridized carbons (Fsp3) is 0.963. The second kappa shape index (κ2) is 8.40. The van der Waals surface area contributed by atoms with Crippen molar-refractivity contribution < 1.29 is 20.1 Å². The Hall–Kier alpha value is -0.450. The predicted octanol–water partition coefficient (Wildman–Crippen LogP) is 4.59. The molecule has 0 aromatic heterocycles. The van der Waals surface area contributed by atoms with Gasteiger partial charge in [0.2, 0.25) is 0 Å². The van der Waals surface area contributed by atoms with Gasteiger partial charge in [-0.1, -0.05) is 53.9 Å². The molecule has 0 heterocycles. The molecule has 4 heteroatoms. The molecule has 4 nitrogen and oxygen atoms in total. The highest BCUT2D eigenvalue weighted by molar-refractivity contribution is 5.83. The standard InChI is InChI=1S/C27H46O4/c1-15(2)7-6-8-16(3)19-13-21(30)24-23-20(29)12-17-11-18(28)9-10-26(17,4)25(23)22(31)14-27(19,24)5/h15-19,21-25,28,30-31H,6-14H2,1-5H3/t16-,17?,18+,19-,21+,22-,23+,24+,25+,26+,27-/m1/s1. The molecule has 3 N–H and O–H groups in total. The van der Waals surface area contributed by atoms with Gasteiger partial charge in [-0.3, -0.25) is 4.79 Å². The van der Waals surface area contributed by atoms with Crippen LogP contribution in [0.25, 0.3) is 0 Å². The fourth-order valence-electron chi connectivity index (χ4n) is 9.05. The molecule has 0 spiro atoms. The molecule has 11 atom stereocenters. The number of carbonyl (C=O) groups excluding carboxylic acids is 1. The first-order valence-corrected chi connectivity index (χ1v) is 13.1. The van der Waals surface area contributed by atoms with Gasteiger partial charge >= 0.3 is 0 Å². The normalized spacial score (nSPS) is 50.7. The number of hydrogen-bond donors (Lipinski definition) is 3. The number of aliphatic hydroxyl groups is 3. The molecule has 0 amide bonds. The number of hydrogen-bond acceptors (Lipinski definition) is 4. The van der Waals surface area contributed by atoms with Gasteiger partial charge < -0.3 is 15.3 Å². The van der Waals surface area contributed by atoms with E-state index >= 15 is 0 Å². The predicted molar refractivity (Wildman–Crippen MR) is 122 cm³/mol. The van der Waals surface area contributed by atoms with Crippen LogP contribution < -0.4 is 0 Å². The molecule has 4 aliphatic rings. The molecule has 4 aliphatic carbocycles. The van der Waals surface area contributed by atoms with Crippen LogP contribution in [0.15, 0.2) is 0 Å². The summed E-state index contributed by atoms with van der Waals surface area (Å²) in [5.74, 6) is 1.64. The van der Waals surface area contributed by atoms with Crippen molar-refractivity contribution in [1.82, 2.24) is 0 Å². The zero-order chi connectivity index (χ0) is 22.7. The Morgan fingerprint density at radius 3 is 2.32 bits per heavy atom. The van der Waals surface area contributed by atoms with Crippen molar-refractivity contribution in [3.8, 4) is 0 Å². The maximum atomic E-state index is 13.5. The fourth-order valence-corrected chi connectivity index (χ4v) is 9.05. The first-order valence-electron chi connectivity index (χ1n) is 13.1. The Kier molecular flexibility index (Phi) is 6.42. The summed E-state index contributed by atoms with van der Waals surface area (Å²) in [6, 6.07) is 0. The monoisotopic (exact) mass is 434 g/mol. The zero-order valence-electron chi connectivity index (χ0n) is 20.4. The molecule has 4 fully saturated rings. The van der Waals surface area contributed by atoms with Gasteiger partial charge in [0.25, 0.3) is 0 Å². The SMILES string of the molecule is CC(C)CCC[C@@H](C)[C@H]1C[C@H](O)[C@H]2[C@@H]3C(=O)CC4C[C@@H](O)CC[C@]4(C)[C@H]3[C@H](O)C[C@@]21C. The van der Waals surface area contributed by atoms with Gasteiger partial charge in [0.05, 0.1) is 18.3 Å². The minimum absolute atomic E-state index is 0.0319. The molecule has 0 aromatic carbocycles. The highest BCUT2D eigenvalue weighted by Crippen LogP contribution is 2.67. The summed E-state index contributed by atoms with van der Waals surface area (Å²) in [7, 11) is 0. The van der Waals surface area contributed by atoms with Crippen LogP contribution in [0.4, 0.5) is 0 Å². The molecule has 0 radical (unpaired) electrons. The van der Waals surface area contributed by atoms with E-state index in [-0.39, 0.29) is 46.4 Å². The van der Waals surface area contributed by atoms with Crippen LogP contribution >= 0.6 is 0 Å². The summed E-state index contributed by atoms with van der Waals surface area (Å²) in [6.07, 6.45) is 6.64. The molecular formula is C27H46O4. The van der Waals surface area contributed by atoms with E-state index in [1.165, 1.54) is 12.8 Å². The van der Waals surface area contributed by atoms with Gasteiger partial charge in [-0.05, 0) is 66.6 Å². The third-order valence-corrected chi connectivity index (χ3v) is 10.6. The lowest BCUT2D eigenvalue weighted by Gasteiger charge is -2.62. The van der Waals surface area contributed by atoms with Gasteiger partial charge in [-0.15, -0.1) is 0 Å². The molecule has 31 heavy (non-hydrogen) atoms. The first-order chi connectivity index (χ1) is 14.5. The van der Waals surface area contributed by atoms with Crippen molar-refractivity contribution in [2.24, 2.45) is 52.3 Å². The van der Waals surface area contributed by atoms with Gasteiger partial charge in [-0.25, -0.2) is 0 Å². The van der Waals surface area contributed by atoms with Crippen LogP contribution in [0.2, 0.25) is 0 Å². The van der Waals surface area contributed by atoms with Crippen molar-refractivity contribution in [3.05, 3.63) is 0 Å². The lowest BCUT2D eigenvalue weighted by molar-refractivity contribution is -0.192. The molecule has 0 aliphatic heterocycles. The second-order valence-electron chi connectivity index (χ2n) is 12.9. The Morgan fingerprint density at radius 2 is 1.65 bits per heavy atom. The molecule has 4 rings (SSSR count). The summed E-state index contributed by atoms with van der Waals surface area (Å²) in [6.45, 7) is 11.4. The molecule has 0 bridgehead atoms. The number of Topliss-reactive ketones (excluding diaryl/α,β-unsaturated/α-hetero) is 1. The van der Waals surface area contributed by atoms with E-state index in [0.29, 0.717) is 37.0 Å². The smallest absolute Gasteiger partial charge is 0.137 e. The van der Waals surface area contributed by atoms with Gasteiger partial charge in [0.1, 0.15) is 5.78 Å². The van der Waals surface area contributed by atoms with E-state index in [1.54, 1.807) is 0 Å². The molecular weight excluding hydrogens is 388 g/mol. The van der Waals surface area contributed by atoms with Crippen molar-refractivity contribution >= 4 is 5.78 Å². The number of carbonyl (C=O) groups is 1. The molecule has 4 saturated carbocycles. The van der Waals surface area contributed by atoms with Crippen molar-refractivity contribution in [2.45, 2.75) is 111 Å². The lowest BCUT2D eigenvalue weighted by Crippen LogP contribution is -2.63. The number of ketones is 1. The lowest BCUT2D eigenvalue weighted by atomic mass is 9.43. The van der Waals surface area contributed by atoms with Gasteiger partial charge in [-0.2, -0.15) is 0 Å². The third-order valence-electron chi connectivity index (χ3n) is 10.6. The minimum Gasteiger partial charge on any atom is -0.393 e. The Morgan fingerprint density at radius 1 is 0.968 bits per heavy atom. The third kappa shape index (κ3) is 3.83. The molecule has 0 saturated heterocycles. The summed E-state index contributed by atoms with van der Waals surface area (Å²) in [4.78, 5) is 13.5. The van der Waals surface area contributed by atoms with Crippen molar-refractivity contribution in [2.75, 3.05) is 0 Å². The van der Waals surface area contributed by atoms with Crippen LogP contribution in [0.1, 0.15) is 92.4 Å². The number of rotatable bonds is 5. The van der Waals surface area contributed by atoms with Crippen LogP contribution in [-0.2, 0) is 4.79 Å². The van der Waals surface area contributed by atoms with Crippen LogP contribution in [0.5, 0.6) is 0 Å². The van der Waals surface area contributed by atoms with Crippen LogP contribution in [-0.4, -0.2) is 39.4 Å². The quantitative estimate of drug-likeness (QED) is 0.591. The Labute approximate surface area is 189 Å². The summed E-state index contributed by atoms with van der Waals surface area (Å²) >= 11 is 0. The average Bonchev–Trinajstić information content (AvgIpc) is 2.93. The minimum atomic E-state index is -0.492. The average molecular weight is 435 g/mol. The summed E-state index contributed by atoms with van der Waals surface area (Å²) < 4.78 is 0. The largest absolute Gasteiger partial charge is 0.393 e. The van der Waals surface area contributed by atoms with E-state index in [2.05, 4.69) is 34.6 Å². The van der Waals surface area contributed by atoms with Crippen molar-refractivity contribution in [1.29, 1.82) is 0 Å². The topological polar surface area (TPSA) is 77.8 Å². The second-order valence-corrected chi connectivity index (χ2v) is 12.9. The van der Waals surface area contributed by atoms with Crippen LogP contribution in [0.3, 0.4) is 0 Å².